The van der Waals surface area contributed by atoms with Gasteiger partial charge in [0.05, 0.1) is 11.1 Å². The molecule has 138 valence electrons. The number of hydrogen-bond acceptors (Lipinski definition) is 5. The third-order valence-corrected chi connectivity index (χ3v) is 3.86. The molecule has 0 spiro atoms. The molecule has 27 heavy (non-hydrogen) atoms. The lowest BCUT2D eigenvalue weighted by atomic mass is 10.1. The van der Waals surface area contributed by atoms with E-state index in [-0.39, 0.29) is 0 Å². The summed E-state index contributed by atoms with van der Waals surface area (Å²) in [6.45, 7) is 4.09. The molecule has 0 fully saturated rings. The lowest BCUT2D eigenvalue weighted by Crippen LogP contribution is -2.11. The molecule has 0 saturated heterocycles. The van der Waals surface area contributed by atoms with Gasteiger partial charge in [-0.05, 0) is 55.3 Å². The van der Waals surface area contributed by atoms with Crippen LogP contribution in [0.1, 0.15) is 31.8 Å². The van der Waals surface area contributed by atoms with Crippen molar-refractivity contribution < 1.29 is 19.4 Å². The van der Waals surface area contributed by atoms with E-state index in [1.54, 1.807) is 60.7 Å². The van der Waals surface area contributed by atoms with E-state index in [0.29, 0.717) is 11.1 Å². The molecule has 0 radical (unpaired) electrons. The average molecular weight is 363 g/mol. The van der Waals surface area contributed by atoms with Gasteiger partial charge in [-0.2, -0.15) is 0 Å². The minimum Gasteiger partial charge on any atom is -0.399 e. The highest BCUT2D eigenvalue weighted by molar-refractivity contribution is 5.92. The minimum absolute atomic E-state index is 0.318. The summed E-state index contributed by atoms with van der Waals surface area (Å²) >= 11 is 0. The number of anilines is 1. The second kappa shape index (κ2) is 9.77. The number of benzene rings is 3. The van der Waals surface area contributed by atoms with Crippen molar-refractivity contribution >= 4 is 17.6 Å². The third-order valence-electron chi connectivity index (χ3n) is 3.86. The van der Waals surface area contributed by atoms with Crippen LogP contribution in [0, 0.1) is 13.8 Å². The molecule has 0 aliphatic heterocycles. The fraction of sp³-hybridized carbons (Fsp3) is 0.0909. The maximum absolute atomic E-state index is 11.5. The third kappa shape index (κ3) is 6.01. The molecular formula is C22H21NO4. The summed E-state index contributed by atoms with van der Waals surface area (Å²) in [4.78, 5) is 31.9. The van der Waals surface area contributed by atoms with Gasteiger partial charge in [-0.25, -0.2) is 19.4 Å². The molecule has 3 aromatic rings. The van der Waals surface area contributed by atoms with Crippen LogP contribution in [-0.2, 0) is 9.78 Å². The lowest BCUT2D eigenvalue weighted by molar-refractivity contribution is -0.187. The summed E-state index contributed by atoms with van der Waals surface area (Å²) < 4.78 is 0. The molecule has 5 heteroatoms. The first-order valence-electron chi connectivity index (χ1n) is 8.34. The largest absolute Gasteiger partial charge is 0.399 e. The van der Waals surface area contributed by atoms with Crippen molar-refractivity contribution in [3.05, 3.63) is 101 Å². The van der Waals surface area contributed by atoms with Gasteiger partial charge in [0.15, 0.2) is 0 Å². The maximum Gasteiger partial charge on any atom is 0.386 e. The molecule has 0 atom stereocenters. The van der Waals surface area contributed by atoms with Gasteiger partial charge in [0.2, 0.25) is 0 Å². The van der Waals surface area contributed by atoms with Gasteiger partial charge in [-0.15, -0.1) is 0 Å². The molecule has 0 aromatic heterocycles. The second-order valence-electron chi connectivity index (χ2n) is 5.76. The zero-order valence-corrected chi connectivity index (χ0v) is 15.2. The van der Waals surface area contributed by atoms with Crippen LogP contribution in [0.4, 0.5) is 5.69 Å². The van der Waals surface area contributed by atoms with Crippen molar-refractivity contribution in [2.24, 2.45) is 0 Å². The van der Waals surface area contributed by atoms with Crippen LogP contribution in [0.25, 0.3) is 0 Å². The minimum atomic E-state index is -0.708. The Kier molecular flexibility index (Phi) is 7.14. The summed E-state index contributed by atoms with van der Waals surface area (Å²) in [7, 11) is 0. The van der Waals surface area contributed by atoms with Crippen LogP contribution in [0.15, 0.2) is 78.9 Å². The Morgan fingerprint density at radius 1 is 0.667 bits per heavy atom. The van der Waals surface area contributed by atoms with E-state index in [4.69, 9.17) is 5.73 Å². The lowest BCUT2D eigenvalue weighted by Gasteiger charge is -2.02. The fourth-order valence-corrected chi connectivity index (χ4v) is 2.09. The molecule has 0 amide bonds. The number of hydrogen-bond donors (Lipinski definition) is 1. The summed E-state index contributed by atoms with van der Waals surface area (Å²) in [6.07, 6.45) is 0. The highest BCUT2D eigenvalue weighted by atomic mass is 17.2. The summed E-state index contributed by atoms with van der Waals surface area (Å²) in [6, 6.07) is 22.5. The van der Waals surface area contributed by atoms with Gasteiger partial charge < -0.3 is 5.73 Å². The highest BCUT2D eigenvalue weighted by Gasteiger charge is 2.13. The van der Waals surface area contributed by atoms with Crippen LogP contribution in [0.5, 0.6) is 0 Å². The standard InChI is InChI=1S/C14H10O4.C8H11N/c15-13(11-7-3-1-4-8-11)17-18-14(16)12-9-5-2-6-10-12;1-6-4-3-5-8(9)7(6)2/h1-10H;3-5H,9H2,1-2H3. The monoisotopic (exact) mass is 363 g/mol. The molecule has 0 unspecified atom stereocenters. The SMILES string of the molecule is Cc1cccc(N)c1C.O=C(OOC(=O)c1ccccc1)c1ccccc1. The van der Waals surface area contributed by atoms with Crippen molar-refractivity contribution in [3.8, 4) is 0 Å². The van der Waals surface area contributed by atoms with E-state index >= 15 is 0 Å². The maximum atomic E-state index is 11.5. The molecule has 2 N–H and O–H groups in total. The molecule has 0 bridgehead atoms. The molecule has 0 aliphatic carbocycles. The number of nitrogens with two attached hydrogens (primary N) is 1. The molecule has 0 saturated carbocycles. The van der Waals surface area contributed by atoms with Gasteiger partial charge in [-0.1, -0.05) is 48.5 Å². The molecule has 3 rings (SSSR count). The Morgan fingerprint density at radius 3 is 1.48 bits per heavy atom. The first-order chi connectivity index (χ1) is 13.0. The van der Waals surface area contributed by atoms with E-state index < -0.39 is 11.9 Å². The Hall–Kier alpha value is -3.60. The summed E-state index contributed by atoms with van der Waals surface area (Å²) in [5, 5.41) is 0. The zero-order chi connectivity index (χ0) is 19.6. The second-order valence-corrected chi connectivity index (χ2v) is 5.76. The number of carbonyl (C=O) groups excluding carboxylic acids is 2. The molecule has 0 heterocycles. The van der Waals surface area contributed by atoms with Crippen molar-refractivity contribution in [3.63, 3.8) is 0 Å². The van der Waals surface area contributed by atoms with Gasteiger partial charge in [0.1, 0.15) is 0 Å². The quantitative estimate of drug-likeness (QED) is 0.412. The van der Waals surface area contributed by atoms with Gasteiger partial charge in [-0.3, -0.25) is 0 Å². The first kappa shape index (κ1) is 19.7. The van der Waals surface area contributed by atoms with E-state index in [9.17, 15) is 9.59 Å². The molecule has 0 aliphatic rings. The Balaban J connectivity index is 0.000000244. The molecule has 5 nitrogen and oxygen atoms in total. The topological polar surface area (TPSA) is 78.6 Å². The van der Waals surface area contributed by atoms with Crippen molar-refractivity contribution in [1.82, 2.24) is 0 Å². The van der Waals surface area contributed by atoms with Crippen LogP contribution >= 0.6 is 0 Å². The number of nitrogen functional groups attached to an aromatic ring is 1. The zero-order valence-electron chi connectivity index (χ0n) is 15.2. The first-order valence-corrected chi connectivity index (χ1v) is 8.34. The molecule has 3 aromatic carbocycles. The Labute approximate surface area is 158 Å². The number of aryl methyl sites for hydroxylation is 1. The fourth-order valence-electron chi connectivity index (χ4n) is 2.09. The Bertz CT molecular complexity index is 821. The highest BCUT2D eigenvalue weighted by Crippen LogP contribution is 2.13. The van der Waals surface area contributed by atoms with E-state index in [0.717, 1.165) is 5.69 Å². The van der Waals surface area contributed by atoms with Gasteiger partial charge in [0.25, 0.3) is 0 Å². The van der Waals surface area contributed by atoms with E-state index in [2.05, 4.69) is 22.8 Å². The summed E-state index contributed by atoms with van der Waals surface area (Å²) in [5.41, 5.74) is 9.59. The van der Waals surface area contributed by atoms with Crippen molar-refractivity contribution in [2.75, 3.05) is 5.73 Å². The van der Waals surface area contributed by atoms with E-state index in [1.165, 1.54) is 11.1 Å². The van der Waals surface area contributed by atoms with Crippen LogP contribution in [0.3, 0.4) is 0 Å². The number of carbonyl (C=O) groups is 2. The van der Waals surface area contributed by atoms with Crippen LogP contribution < -0.4 is 5.73 Å². The van der Waals surface area contributed by atoms with Crippen molar-refractivity contribution in [1.29, 1.82) is 0 Å². The molecular weight excluding hydrogens is 342 g/mol. The summed E-state index contributed by atoms with van der Waals surface area (Å²) in [5.74, 6) is -1.42. The van der Waals surface area contributed by atoms with E-state index in [1.807, 2.05) is 19.1 Å². The van der Waals surface area contributed by atoms with Gasteiger partial charge in [0, 0.05) is 5.69 Å². The normalized spacial score (nSPS) is 9.56. The Morgan fingerprint density at radius 2 is 1.11 bits per heavy atom. The van der Waals surface area contributed by atoms with Gasteiger partial charge >= 0.3 is 11.9 Å². The van der Waals surface area contributed by atoms with Crippen molar-refractivity contribution in [2.45, 2.75) is 13.8 Å². The van der Waals surface area contributed by atoms with Crippen LogP contribution in [0.2, 0.25) is 0 Å². The smallest absolute Gasteiger partial charge is 0.386 e. The predicted octanol–water partition coefficient (Wildman–Crippen LogP) is 4.50. The average Bonchev–Trinajstić information content (AvgIpc) is 2.71. The van der Waals surface area contributed by atoms with Crippen LogP contribution in [-0.4, -0.2) is 11.9 Å². The number of rotatable bonds is 2. The predicted molar refractivity (Wildman–Crippen MR) is 104 cm³/mol.